The van der Waals surface area contributed by atoms with Gasteiger partial charge < -0.3 is 5.32 Å². The summed E-state index contributed by atoms with van der Waals surface area (Å²) in [6, 6.07) is 0. The fourth-order valence-electron chi connectivity index (χ4n) is 0.597. The summed E-state index contributed by atoms with van der Waals surface area (Å²) in [7, 11) is 0. The Kier molecular flexibility index (Phi) is 3.16. The fourth-order valence-corrected chi connectivity index (χ4v) is 1.51. The molecule has 1 aromatic heterocycles. The Labute approximate surface area is 86.0 Å². The van der Waals surface area contributed by atoms with Gasteiger partial charge >= 0.3 is 0 Å². The van der Waals surface area contributed by atoms with Gasteiger partial charge in [0.05, 0.1) is 6.20 Å². The predicted molar refractivity (Wildman–Crippen MR) is 51.7 cm³/mol. The lowest BCUT2D eigenvalue weighted by atomic mass is 10.6. The lowest BCUT2D eigenvalue weighted by Crippen LogP contribution is -2.08. The molecule has 1 heterocycles. The van der Waals surface area contributed by atoms with Crippen LogP contribution in [0.25, 0.3) is 0 Å². The van der Waals surface area contributed by atoms with Crippen molar-refractivity contribution in [1.82, 2.24) is 9.97 Å². The lowest BCUT2D eigenvalue weighted by molar-refractivity contribution is -0.114. The highest BCUT2D eigenvalue weighted by Gasteiger charge is 2.04. The van der Waals surface area contributed by atoms with Gasteiger partial charge in [0.2, 0.25) is 5.91 Å². The summed E-state index contributed by atoms with van der Waals surface area (Å²) in [6.45, 7) is 1.41. The van der Waals surface area contributed by atoms with Crippen molar-refractivity contribution in [3.8, 4) is 0 Å². The summed E-state index contributed by atoms with van der Waals surface area (Å²) >= 11 is 6.30. The van der Waals surface area contributed by atoms with E-state index in [9.17, 15) is 4.79 Å². The Bertz CT molecular complexity index is 316. The Morgan fingerprint density at radius 2 is 2.25 bits per heavy atom. The van der Waals surface area contributed by atoms with Crippen LogP contribution in [0.4, 0.5) is 5.82 Å². The molecule has 64 valence electrons. The fraction of sp³-hybridized carbons (Fsp3) is 0.167. The second-order valence-corrected chi connectivity index (χ2v) is 3.58. The number of rotatable bonds is 1. The molecule has 6 heteroatoms. The monoisotopic (exact) mass is 293 g/mol. The van der Waals surface area contributed by atoms with Gasteiger partial charge in [-0.25, -0.2) is 9.97 Å². The number of carbonyl (C=O) groups is 1. The maximum atomic E-state index is 10.6. The third-order valence-electron chi connectivity index (χ3n) is 0.995. The maximum Gasteiger partial charge on any atom is 0.222 e. The molecular weight excluding hydrogens is 290 g/mol. The van der Waals surface area contributed by atoms with Crippen molar-refractivity contribution in [3.05, 3.63) is 15.4 Å². The molecule has 1 N–H and O–H groups in total. The molecule has 0 radical (unpaired) electrons. The molecular formula is C6H5Br2N3O. The minimum absolute atomic E-state index is 0.174. The molecule has 0 spiro atoms. The van der Waals surface area contributed by atoms with Crippen LogP contribution in [0.3, 0.4) is 0 Å². The first-order chi connectivity index (χ1) is 5.59. The van der Waals surface area contributed by atoms with Crippen LogP contribution in [0.2, 0.25) is 0 Å². The molecule has 1 rings (SSSR count). The van der Waals surface area contributed by atoms with E-state index in [1.54, 1.807) is 0 Å². The van der Waals surface area contributed by atoms with Crippen LogP contribution in [0.5, 0.6) is 0 Å². The van der Waals surface area contributed by atoms with Crippen molar-refractivity contribution in [2.45, 2.75) is 6.92 Å². The van der Waals surface area contributed by atoms with E-state index in [1.165, 1.54) is 13.1 Å². The summed E-state index contributed by atoms with van der Waals surface area (Å²) in [4.78, 5) is 18.6. The van der Waals surface area contributed by atoms with Crippen molar-refractivity contribution in [3.63, 3.8) is 0 Å². The Balaban J connectivity index is 2.93. The summed E-state index contributed by atoms with van der Waals surface area (Å²) in [6.07, 6.45) is 1.51. The van der Waals surface area contributed by atoms with E-state index in [0.717, 1.165) is 0 Å². The maximum absolute atomic E-state index is 10.6. The van der Waals surface area contributed by atoms with Crippen molar-refractivity contribution >= 4 is 43.6 Å². The van der Waals surface area contributed by atoms with Gasteiger partial charge in [-0.15, -0.1) is 0 Å². The average molecular weight is 295 g/mol. The number of anilines is 1. The third-order valence-corrected chi connectivity index (χ3v) is 1.93. The minimum Gasteiger partial charge on any atom is -0.309 e. The summed E-state index contributed by atoms with van der Waals surface area (Å²) in [5.74, 6) is 0.248. The van der Waals surface area contributed by atoms with Gasteiger partial charge in [0, 0.05) is 6.92 Å². The zero-order valence-corrected chi connectivity index (χ0v) is 9.31. The second-order valence-electron chi connectivity index (χ2n) is 2.01. The second kappa shape index (κ2) is 3.95. The molecule has 12 heavy (non-hydrogen) atoms. The average Bonchev–Trinajstić information content (AvgIpc) is 1.94. The van der Waals surface area contributed by atoms with E-state index in [2.05, 4.69) is 47.1 Å². The number of hydrogen-bond acceptors (Lipinski definition) is 3. The smallest absolute Gasteiger partial charge is 0.222 e. The number of amides is 1. The van der Waals surface area contributed by atoms with E-state index in [4.69, 9.17) is 0 Å². The van der Waals surface area contributed by atoms with Gasteiger partial charge in [-0.3, -0.25) is 4.79 Å². The van der Waals surface area contributed by atoms with Crippen LogP contribution < -0.4 is 5.32 Å². The van der Waals surface area contributed by atoms with Crippen LogP contribution in [0.1, 0.15) is 6.92 Å². The number of carbonyl (C=O) groups excluding carboxylic acids is 1. The van der Waals surface area contributed by atoms with Crippen molar-refractivity contribution < 1.29 is 4.79 Å². The van der Waals surface area contributed by atoms with Gasteiger partial charge in [-0.1, -0.05) is 0 Å². The van der Waals surface area contributed by atoms with Crippen LogP contribution in [0, 0.1) is 0 Å². The molecule has 0 saturated carbocycles. The lowest BCUT2D eigenvalue weighted by Gasteiger charge is -2.01. The topological polar surface area (TPSA) is 54.9 Å². The van der Waals surface area contributed by atoms with E-state index >= 15 is 0 Å². The van der Waals surface area contributed by atoms with Gasteiger partial charge in [-0.2, -0.15) is 0 Å². The highest BCUT2D eigenvalue weighted by Crippen LogP contribution is 2.18. The summed E-state index contributed by atoms with van der Waals surface area (Å²) < 4.78 is 1.12. The number of hydrogen-bond donors (Lipinski definition) is 1. The Morgan fingerprint density at radius 3 is 2.75 bits per heavy atom. The molecule has 0 saturated heterocycles. The highest BCUT2D eigenvalue weighted by molar-refractivity contribution is 9.11. The number of halogens is 2. The van der Waals surface area contributed by atoms with E-state index in [1.807, 2.05) is 0 Å². The quantitative estimate of drug-likeness (QED) is 0.861. The summed E-state index contributed by atoms with van der Waals surface area (Å²) in [5.41, 5.74) is 0. The molecule has 1 aromatic rings. The van der Waals surface area contributed by atoms with Crippen LogP contribution >= 0.6 is 31.9 Å². The largest absolute Gasteiger partial charge is 0.309 e. The zero-order chi connectivity index (χ0) is 9.14. The SMILES string of the molecule is CC(=O)Nc1ncc(Br)nc1Br. The predicted octanol–water partition coefficient (Wildman–Crippen LogP) is 1.96. The molecule has 0 fully saturated rings. The van der Waals surface area contributed by atoms with Crippen molar-refractivity contribution in [2.24, 2.45) is 0 Å². The standard InChI is InChI=1S/C6H5Br2N3O/c1-3(12)10-6-5(8)11-4(7)2-9-6/h2H,1H3,(H,9,10,12). The molecule has 0 aliphatic rings. The van der Waals surface area contributed by atoms with Gasteiger partial charge in [0.25, 0.3) is 0 Å². The molecule has 1 amide bonds. The molecule has 0 aromatic carbocycles. The third kappa shape index (κ3) is 2.53. The van der Waals surface area contributed by atoms with E-state index in [-0.39, 0.29) is 5.91 Å². The first kappa shape index (κ1) is 9.60. The zero-order valence-electron chi connectivity index (χ0n) is 6.14. The van der Waals surface area contributed by atoms with Crippen LogP contribution in [-0.2, 0) is 4.79 Å². The molecule has 0 aliphatic carbocycles. The van der Waals surface area contributed by atoms with Crippen LogP contribution in [0.15, 0.2) is 15.4 Å². The van der Waals surface area contributed by atoms with E-state index < -0.39 is 0 Å². The molecule has 0 atom stereocenters. The van der Waals surface area contributed by atoms with Crippen LogP contribution in [-0.4, -0.2) is 15.9 Å². The Morgan fingerprint density at radius 1 is 1.58 bits per heavy atom. The van der Waals surface area contributed by atoms with Gasteiger partial charge in [0.1, 0.15) is 9.21 Å². The van der Waals surface area contributed by atoms with E-state index in [0.29, 0.717) is 15.0 Å². The molecule has 0 unspecified atom stereocenters. The molecule has 0 aliphatic heterocycles. The first-order valence-corrected chi connectivity index (χ1v) is 4.64. The minimum atomic E-state index is -0.174. The molecule has 0 bridgehead atoms. The summed E-state index contributed by atoms with van der Waals surface area (Å²) in [5, 5.41) is 2.52. The number of aromatic nitrogens is 2. The first-order valence-electron chi connectivity index (χ1n) is 3.05. The highest BCUT2D eigenvalue weighted by atomic mass is 79.9. The van der Waals surface area contributed by atoms with Gasteiger partial charge in [0.15, 0.2) is 5.82 Å². The van der Waals surface area contributed by atoms with Crippen molar-refractivity contribution in [2.75, 3.05) is 5.32 Å². The Hall–Kier alpha value is -0.490. The number of nitrogens with one attached hydrogen (secondary N) is 1. The molecule has 4 nitrogen and oxygen atoms in total. The van der Waals surface area contributed by atoms with Gasteiger partial charge in [-0.05, 0) is 31.9 Å². The number of nitrogens with zero attached hydrogens (tertiary/aromatic N) is 2. The van der Waals surface area contributed by atoms with Crippen molar-refractivity contribution in [1.29, 1.82) is 0 Å². The normalized spacial score (nSPS) is 9.58.